The predicted molar refractivity (Wildman–Crippen MR) is 91.6 cm³/mol. The fourth-order valence-electron chi connectivity index (χ4n) is 2.02. The molecular weight excluding hydrogens is 244 g/mol. The van der Waals surface area contributed by atoms with Gasteiger partial charge in [0.1, 0.15) is 0 Å². The largest absolute Gasteiger partial charge is 0.296 e. The summed E-state index contributed by atoms with van der Waals surface area (Å²) < 4.78 is 0. The number of benzene rings is 1. The Balaban J connectivity index is 3.34. The highest BCUT2D eigenvalue weighted by molar-refractivity contribution is 6.12. The fourth-order valence-corrected chi connectivity index (χ4v) is 2.02. The molecule has 0 bridgehead atoms. The summed E-state index contributed by atoms with van der Waals surface area (Å²) in [5.74, 6) is 0. The van der Waals surface area contributed by atoms with Crippen LogP contribution in [0, 0.1) is 6.92 Å². The molecule has 0 aliphatic rings. The van der Waals surface area contributed by atoms with Gasteiger partial charge in [-0.2, -0.15) is 0 Å². The van der Waals surface area contributed by atoms with Crippen LogP contribution >= 0.6 is 0 Å². The zero-order valence-corrected chi connectivity index (χ0v) is 12.7. The maximum absolute atomic E-state index is 4.11. The van der Waals surface area contributed by atoms with Gasteiger partial charge in [0.25, 0.3) is 0 Å². The second-order valence-electron chi connectivity index (χ2n) is 4.42. The zero-order chi connectivity index (χ0) is 15.0. The summed E-state index contributed by atoms with van der Waals surface area (Å²) >= 11 is 0. The number of aryl methyl sites for hydroxylation is 1. The van der Waals surface area contributed by atoms with Crippen molar-refractivity contribution in [2.45, 2.75) is 20.8 Å². The highest BCUT2D eigenvalue weighted by Gasteiger charge is 2.04. The van der Waals surface area contributed by atoms with Gasteiger partial charge >= 0.3 is 0 Å². The van der Waals surface area contributed by atoms with E-state index < -0.39 is 0 Å². The van der Waals surface area contributed by atoms with Crippen LogP contribution in [0.3, 0.4) is 0 Å². The van der Waals surface area contributed by atoms with E-state index in [-0.39, 0.29) is 0 Å². The van der Waals surface area contributed by atoms with Crippen LogP contribution in [0.5, 0.6) is 0 Å². The fraction of sp³-hybridized carbons (Fsp3) is 0.222. The summed E-state index contributed by atoms with van der Waals surface area (Å²) in [7, 11) is 1.79. The predicted octanol–water partition coefficient (Wildman–Crippen LogP) is 4.72. The Labute approximate surface area is 122 Å². The summed E-state index contributed by atoms with van der Waals surface area (Å²) in [4.78, 5) is 8.22. The standard InChI is InChI=1S/C18H22N2/c1-6-15(12-19-5)17-9-14(4)10-18(11-17)16(7-2)13-20-8-3/h6-13H,3H2,1-2,4-5H3/b15-6+,16-7+,19-12-,20-13-. The summed E-state index contributed by atoms with van der Waals surface area (Å²) in [6, 6.07) is 6.48. The molecule has 2 heteroatoms. The first kappa shape index (κ1) is 15.8. The number of allylic oxidation sites excluding steroid dienone is 4. The number of hydrogen-bond donors (Lipinski definition) is 0. The topological polar surface area (TPSA) is 24.7 Å². The monoisotopic (exact) mass is 266 g/mol. The van der Waals surface area contributed by atoms with Crippen LogP contribution in [0.1, 0.15) is 30.5 Å². The normalized spacial score (nSPS) is 13.4. The SMILES string of the molecule is C=C/N=C\C(=C/C)c1cc(C)cc(C(/C=N\C)=C/C)c1. The first-order valence-electron chi connectivity index (χ1n) is 6.67. The van der Waals surface area contributed by atoms with Crippen molar-refractivity contribution < 1.29 is 0 Å². The third kappa shape index (κ3) is 4.16. The molecule has 0 aromatic heterocycles. The van der Waals surface area contributed by atoms with Gasteiger partial charge in [-0.05, 0) is 54.7 Å². The van der Waals surface area contributed by atoms with Crippen LogP contribution in [0.4, 0.5) is 0 Å². The first-order valence-corrected chi connectivity index (χ1v) is 6.67. The third-order valence-corrected chi connectivity index (χ3v) is 2.95. The smallest absolute Gasteiger partial charge is 0.0342 e. The Bertz CT molecular complexity index is 587. The minimum Gasteiger partial charge on any atom is -0.296 e. The molecular formula is C18H22N2. The Kier molecular flexibility index (Phi) is 6.38. The van der Waals surface area contributed by atoms with E-state index in [1.165, 1.54) is 11.1 Å². The van der Waals surface area contributed by atoms with Crippen LogP contribution in [0.25, 0.3) is 11.1 Å². The molecule has 1 aromatic rings. The van der Waals surface area contributed by atoms with Gasteiger partial charge in [-0.25, -0.2) is 0 Å². The molecule has 0 spiro atoms. The summed E-state index contributed by atoms with van der Waals surface area (Å²) in [5, 5.41) is 0. The van der Waals surface area contributed by atoms with Crippen molar-refractivity contribution in [2.24, 2.45) is 9.98 Å². The molecule has 0 unspecified atom stereocenters. The second kappa shape index (κ2) is 8.05. The molecule has 0 radical (unpaired) electrons. The van der Waals surface area contributed by atoms with E-state index in [2.05, 4.69) is 53.8 Å². The van der Waals surface area contributed by atoms with Crippen molar-refractivity contribution in [2.75, 3.05) is 7.05 Å². The lowest BCUT2D eigenvalue weighted by atomic mass is 9.97. The molecule has 0 saturated carbocycles. The van der Waals surface area contributed by atoms with Crippen LogP contribution in [-0.4, -0.2) is 19.5 Å². The molecule has 104 valence electrons. The Morgan fingerprint density at radius 3 is 2.00 bits per heavy atom. The van der Waals surface area contributed by atoms with Gasteiger partial charge in [0.2, 0.25) is 0 Å². The molecule has 0 fully saturated rings. The highest BCUT2D eigenvalue weighted by atomic mass is 14.7. The summed E-state index contributed by atoms with van der Waals surface area (Å²) in [5.41, 5.74) is 5.73. The van der Waals surface area contributed by atoms with E-state index in [0.717, 1.165) is 16.7 Å². The average Bonchev–Trinajstić information content (AvgIpc) is 2.45. The van der Waals surface area contributed by atoms with Crippen LogP contribution in [0.2, 0.25) is 0 Å². The van der Waals surface area contributed by atoms with Crippen molar-refractivity contribution >= 4 is 23.6 Å². The molecule has 2 nitrogen and oxygen atoms in total. The Morgan fingerprint density at radius 2 is 1.55 bits per heavy atom. The van der Waals surface area contributed by atoms with Crippen molar-refractivity contribution in [1.29, 1.82) is 0 Å². The van der Waals surface area contributed by atoms with Crippen molar-refractivity contribution in [3.63, 3.8) is 0 Å². The molecule has 1 aromatic carbocycles. The van der Waals surface area contributed by atoms with E-state index in [0.29, 0.717) is 0 Å². The van der Waals surface area contributed by atoms with Gasteiger partial charge in [-0.15, -0.1) is 0 Å². The van der Waals surface area contributed by atoms with E-state index in [9.17, 15) is 0 Å². The van der Waals surface area contributed by atoms with Crippen molar-refractivity contribution in [3.05, 3.63) is 59.8 Å². The van der Waals surface area contributed by atoms with Gasteiger partial charge in [-0.3, -0.25) is 9.98 Å². The molecule has 0 aliphatic heterocycles. The number of hydrogen-bond acceptors (Lipinski definition) is 2. The quantitative estimate of drug-likeness (QED) is 0.689. The molecule has 0 amide bonds. The summed E-state index contributed by atoms with van der Waals surface area (Å²) in [6.07, 6.45) is 9.37. The Morgan fingerprint density at radius 1 is 1.00 bits per heavy atom. The zero-order valence-electron chi connectivity index (χ0n) is 12.7. The van der Waals surface area contributed by atoms with Crippen LogP contribution in [-0.2, 0) is 0 Å². The van der Waals surface area contributed by atoms with E-state index in [1.54, 1.807) is 13.2 Å². The van der Waals surface area contributed by atoms with Gasteiger partial charge in [-0.1, -0.05) is 30.9 Å². The lowest BCUT2D eigenvalue weighted by Crippen LogP contribution is -1.93. The first-order chi connectivity index (χ1) is 9.65. The molecule has 0 atom stereocenters. The van der Waals surface area contributed by atoms with E-state index in [1.807, 2.05) is 26.3 Å². The number of nitrogens with zero attached hydrogens (tertiary/aromatic N) is 2. The molecule has 0 heterocycles. The van der Waals surface area contributed by atoms with Gasteiger partial charge < -0.3 is 0 Å². The van der Waals surface area contributed by atoms with Gasteiger partial charge in [0.15, 0.2) is 0 Å². The molecule has 0 aliphatic carbocycles. The third-order valence-electron chi connectivity index (χ3n) is 2.95. The lowest BCUT2D eigenvalue weighted by Gasteiger charge is -2.09. The van der Waals surface area contributed by atoms with E-state index in [4.69, 9.17) is 0 Å². The van der Waals surface area contributed by atoms with Crippen LogP contribution < -0.4 is 0 Å². The molecule has 0 saturated heterocycles. The highest BCUT2D eigenvalue weighted by Crippen LogP contribution is 2.21. The number of rotatable bonds is 5. The minimum absolute atomic E-state index is 1.08. The average molecular weight is 266 g/mol. The lowest BCUT2D eigenvalue weighted by molar-refractivity contribution is 1.42. The molecule has 1 rings (SSSR count). The van der Waals surface area contributed by atoms with Crippen molar-refractivity contribution in [3.8, 4) is 0 Å². The van der Waals surface area contributed by atoms with Gasteiger partial charge in [0.05, 0.1) is 0 Å². The maximum atomic E-state index is 4.11. The van der Waals surface area contributed by atoms with Gasteiger partial charge in [0, 0.05) is 25.7 Å². The Hall–Kier alpha value is -2.22. The van der Waals surface area contributed by atoms with Crippen LogP contribution in [0.15, 0.2) is 53.1 Å². The minimum atomic E-state index is 1.08. The maximum Gasteiger partial charge on any atom is 0.0342 e. The number of aliphatic imine (C=N–C) groups is 2. The van der Waals surface area contributed by atoms with E-state index >= 15 is 0 Å². The summed E-state index contributed by atoms with van der Waals surface area (Å²) in [6.45, 7) is 9.74. The van der Waals surface area contributed by atoms with Crippen molar-refractivity contribution in [1.82, 2.24) is 0 Å². The molecule has 0 N–H and O–H groups in total. The molecule has 20 heavy (non-hydrogen) atoms. The second-order valence-corrected chi connectivity index (χ2v) is 4.42.